The topological polar surface area (TPSA) is 49.8 Å². The zero-order valence-corrected chi connectivity index (χ0v) is 9.00. The zero-order valence-electron chi connectivity index (χ0n) is 8.18. The van der Waals surface area contributed by atoms with Gasteiger partial charge in [0.1, 0.15) is 18.1 Å². The van der Waals surface area contributed by atoms with Gasteiger partial charge >= 0.3 is 0 Å². The highest BCUT2D eigenvalue weighted by atomic mass is 32.2. The summed E-state index contributed by atoms with van der Waals surface area (Å²) in [6.45, 7) is 0. The molecule has 0 aliphatic heterocycles. The fraction of sp³-hybridized carbons (Fsp3) is 0.0909. The third-order valence-electron chi connectivity index (χ3n) is 1.92. The second kappa shape index (κ2) is 4.81. The molecule has 0 saturated carbocycles. The number of nitriles is 1. The van der Waals surface area contributed by atoms with Crippen molar-refractivity contribution < 1.29 is 8.81 Å². The molecule has 1 aromatic heterocycles. The molecule has 1 aromatic carbocycles. The van der Waals surface area contributed by atoms with Crippen molar-refractivity contribution >= 4 is 11.8 Å². The second-order valence-corrected chi connectivity index (χ2v) is 3.94. The van der Waals surface area contributed by atoms with E-state index in [1.54, 1.807) is 18.3 Å². The van der Waals surface area contributed by atoms with E-state index in [0.717, 1.165) is 5.56 Å². The van der Waals surface area contributed by atoms with Crippen LogP contribution in [0.1, 0.15) is 11.1 Å². The van der Waals surface area contributed by atoms with E-state index in [4.69, 9.17) is 9.68 Å². The Morgan fingerprint density at radius 3 is 3.06 bits per heavy atom. The van der Waals surface area contributed by atoms with Crippen LogP contribution in [0.25, 0.3) is 0 Å². The summed E-state index contributed by atoms with van der Waals surface area (Å²) in [5.74, 6) is 0.0996. The highest BCUT2D eigenvalue weighted by Crippen LogP contribution is 2.21. The maximum Gasteiger partial charge on any atom is 0.255 e. The first-order valence-electron chi connectivity index (χ1n) is 4.50. The van der Waals surface area contributed by atoms with Gasteiger partial charge in [0.15, 0.2) is 0 Å². The minimum Gasteiger partial charge on any atom is -0.440 e. The fourth-order valence-corrected chi connectivity index (χ4v) is 1.90. The predicted octanol–water partition coefficient (Wildman–Crippen LogP) is 2.98. The van der Waals surface area contributed by atoms with Crippen LogP contribution in [0.2, 0.25) is 0 Å². The van der Waals surface area contributed by atoms with Crippen LogP contribution >= 0.6 is 11.8 Å². The lowest BCUT2D eigenvalue weighted by atomic mass is 10.1. The molecule has 0 radical (unpaired) electrons. The first kappa shape index (κ1) is 10.7. The zero-order chi connectivity index (χ0) is 11.4. The number of hydrogen-bond acceptors (Lipinski definition) is 4. The summed E-state index contributed by atoms with van der Waals surface area (Å²) in [6, 6.07) is 6.28. The smallest absolute Gasteiger partial charge is 0.255 e. The Morgan fingerprint density at radius 2 is 2.38 bits per heavy atom. The van der Waals surface area contributed by atoms with Gasteiger partial charge in [0.05, 0.1) is 11.8 Å². The van der Waals surface area contributed by atoms with Crippen molar-refractivity contribution in [3.05, 3.63) is 47.6 Å². The molecule has 5 heteroatoms. The largest absolute Gasteiger partial charge is 0.440 e. The van der Waals surface area contributed by atoms with Crippen LogP contribution in [-0.2, 0) is 5.75 Å². The van der Waals surface area contributed by atoms with Crippen LogP contribution in [0.5, 0.6) is 0 Å². The number of hydrogen-bond donors (Lipinski definition) is 0. The molecule has 2 aromatic rings. The van der Waals surface area contributed by atoms with Crippen molar-refractivity contribution in [2.24, 2.45) is 0 Å². The maximum absolute atomic E-state index is 13.0. The van der Waals surface area contributed by atoms with E-state index in [0.29, 0.717) is 11.0 Å². The number of aromatic nitrogens is 1. The van der Waals surface area contributed by atoms with E-state index in [1.165, 1.54) is 30.2 Å². The van der Waals surface area contributed by atoms with Gasteiger partial charge in [0.25, 0.3) is 5.22 Å². The van der Waals surface area contributed by atoms with Crippen molar-refractivity contribution in [1.82, 2.24) is 4.98 Å². The minimum atomic E-state index is -0.493. The van der Waals surface area contributed by atoms with Crippen LogP contribution < -0.4 is 0 Å². The summed E-state index contributed by atoms with van der Waals surface area (Å²) in [7, 11) is 0. The van der Waals surface area contributed by atoms with Gasteiger partial charge in [-0.1, -0.05) is 17.8 Å². The lowest BCUT2D eigenvalue weighted by Gasteiger charge is -1.99. The maximum atomic E-state index is 13.0. The van der Waals surface area contributed by atoms with Gasteiger partial charge in [-0.3, -0.25) is 0 Å². The predicted molar refractivity (Wildman–Crippen MR) is 57.2 cm³/mol. The van der Waals surface area contributed by atoms with E-state index in [2.05, 4.69) is 4.98 Å². The Labute approximate surface area is 95.9 Å². The number of rotatable bonds is 3. The Hall–Kier alpha value is -1.80. The van der Waals surface area contributed by atoms with E-state index >= 15 is 0 Å². The van der Waals surface area contributed by atoms with Crippen LogP contribution in [0.4, 0.5) is 4.39 Å². The summed E-state index contributed by atoms with van der Waals surface area (Å²) in [5, 5.41) is 9.23. The van der Waals surface area contributed by atoms with Gasteiger partial charge in [-0.15, -0.1) is 0 Å². The molecule has 0 spiro atoms. The van der Waals surface area contributed by atoms with Crippen molar-refractivity contribution in [1.29, 1.82) is 5.26 Å². The van der Waals surface area contributed by atoms with Crippen LogP contribution in [-0.4, -0.2) is 4.98 Å². The van der Waals surface area contributed by atoms with Crippen molar-refractivity contribution in [2.45, 2.75) is 11.0 Å². The molecule has 0 fully saturated rings. The van der Waals surface area contributed by atoms with Crippen molar-refractivity contribution in [3.63, 3.8) is 0 Å². The van der Waals surface area contributed by atoms with Gasteiger partial charge in [-0.05, 0) is 17.7 Å². The lowest BCUT2D eigenvalue weighted by Crippen LogP contribution is -1.87. The SMILES string of the molecule is N#Cc1cc(CSc2ncco2)ccc1F. The van der Waals surface area contributed by atoms with Crippen LogP contribution in [0, 0.1) is 17.1 Å². The summed E-state index contributed by atoms with van der Waals surface area (Å²) in [4.78, 5) is 3.95. The number of thioether (sulfide) groups is 1. The van der Waals surface area contributed by atoms with Gasteiger partial charge < -0.3 is 4.42 Å². The minimum absolute atomic E-state index is 0.0607. The summed E-state index contributed by atoms with van der Waals surface area (Å²) in [5.41, 5.74) is 0.923. The summed E-state index contributed by atoms with van der Waals surface area (Å²) >= 11 is 1.40. The van der Waals surface area contributed by atoms with Gasteiger partial charge in [-0.2, -0.15) is 5.26 Å². The monoisotopic (exact) mass is 234 g/mol. The Balaban J connectivity index is 2.08. The van der Waals surface area contributed by atoms with Crippen LogP contribution in [0.3, 0.4) is 0 Å². The van der Waals surface area contributed by atoms with Gasteiger partial charge in [-0.25, -0.2) is 9.37 Å². The molecule has 0 bridgehead atoms. The average Bonchev–Trinajstić information content (AvgIpc) is 2.81. The van der Waals surface area contributed by atoms with E-state index < -0.39 is 5.82 Å². The highest BCUT2D eigenvalue weighted by Gasteiger charge is 2.04. The molecule has 80 valence electrons. The number of benzene rings is 1. The third-order valence-corrected chi connectivity index (χ3v) is 2.85. The Kier molecular flexibility index (Phi) is 3.22. The molecule has 3 nitrogen and oxygen atoms in total. The molecule has 0 amide bonds. The average molecular weight is 234 g/mol. The normalized spacial score (nSPS) is 10.0. The van der Waals surface area contributed by atoms with Crippen LogP contribution in [0.15, 0.2) is 40.3 Å². The molecule has 0 N–H and O–H groups in total. The molecule has 0 atom stereocenters. The molecule has 16 heavy (non-hydrogen) atoms. The van der Waals surface area contributed by atoms with Crippen molar-refractivity contribution in [3.8, 4) is 6.07 Å². The van der Waals surface area contributed by atoms with Gasteiger partial charge in [0.2, 0.25) is 0 Å². The van der Waals surface area contributed by atoms with E-state index in [-0.39, 0.29) is 5.56 Å². The van der Waals surface area contributed by atoms with Gasteiger partial charge in [0, 0.05) is 5.75 Å². The molecular formula is C11H7FN2OS. The molecule has 0 saturated heterocycles. The molecule has 0 aliphatic rings. The third kappa shape index (κ3) is 2.41. The molecule has 0 unspecified atom stereocenters. The summed E-state index contributed by atoms with van der Waals surface area (Å²) in [6.07, 6.45) is 3.06. The molecular weight excluding hydrogens is 227 g/mol. The van der Waals surface area contributed by atoms with E-state index in [1.807, 2.05) is 0 Å². The number of halogens is 1. The second-order valence-electron chi connectivity index (χ2n) is 3.01. The molecule has 2 rings (SSSR count). The highest BCUT2D eigenvalue weighted by molar-refractivity contribution is 7.98. The van der Waals surface area contributed by atoms with Crippen molar-refractivity contribution in [2.75, 3.05) is 0 Å². The summed E-state index contributed by atoms with van der Waals surface area (Å²) < 4.78 is 18.1. The lowest BCUT2D eigenvalue weighted by molar-refractivity contribution is 0.454. The first-order chi connectivity index (χ1) is 7.79. The molecule has 0 aliphatic carbocycles. The quantitative estimate of drug-likeness (QED) is 0.766. The fourth-order valence-electron chi connectivity index (χ4n) is 1.17. The number of oxazole rings is 1. The number of nitrogens with zero attached hydrogens (tertiary/aromatic N) is 2. The Bertz CT molecular complexity index is 519. The first-order valence-corrected chi connectivity index (χ1v) is 5.49. The Morgan fingerprint density at radius 1 is 1.50 bits per heavy atom. The standard InChI is InChI=1S/C11H7FN2OS/c12-10-2-1-8(5-9(10)6-13)7-16-11-14-3-4-15-11/h1-5H,7H2. The molecule has 1 heterocycles. The van der Waals surface area contributed by atoms with E-state index in [9.17, 15) is 4.39 Å².